The summed E-state index contributed by atoms with van der Waals surface area (Å²) in [5.41, 5.74) is 0.952. The summed E-state index contributed by atoms with van der Waals surface area (Å²) < 4.78 is 0. The Bertz CT molecular complexity index is 272. The molecule has 12 heavy (non-hydrogen) atoms. The Morgan fingerprint density at radius 2 is 2.58 bits per heavy atom. The summed E-state index contributed by atoms with van der Waals surface area (Å²) in [5.74, 6) is -0.372. The van der Waals surface area contributed by atoms with E-state index in [0.717, 1.165) is 10.7 Å². The van der Waals surface area contributed by atoms with Gasteiger partial charge in [0.2, 0.25) is 5.91 Å². The highest BCUT2D eigenvalue weighted by Crippen LogP contribution is 2.07. The first-order valence-corrected chi connectivity index (χ1v) is 4.39. The first kappa shape index (κ1) is 9.15. The number of aliphatic hydroxyl groups is 1. The molecule has 0 bridgehead atoms. The molecule has 0 spiro atoms. The molecule has 0 saturated heterocycles. The highest BCUT2D eigenvalue weighted by Gasteiger charge is 2.00. The molecule has 1 aromatic rings. The molecule has 5 heteroatoms. The van der Waals surface area contributed by atoms with Crippen LogP contribution in [0.25, 0.3) is 0 Å². The van der Waals surface area contributed by atoms with Crippen molar-refractivity contribution >= 4 is 17.2 Å². The minimum absolute atomic E-state index is 0.372. The lowest BCUT2D eigenvalue weighted by atomic mass is 10.5. The lowest BCUT2D eigenvalue weighted by Crippen LogP contribution is -2.25. The average Bonchev–Trinajstić information content (AvgIpc) is 2.47. The van der Waals surface area contributed by atoms with Crippen molar-refractivity contribution in [2.45, 2.75) is 13.5 Å². The van der Waals surface area contributed by atoms with Gasteiger partial charge in [0, 0.05) is 11.1 Å². The number of thiazole rings is 1. The standard InChI is InChI=1S/C7H10N2O2S/c1-5-4-12-7(9-5)2-8-6(11)3-10/h4,10H,2-3H2,1H3,(H,8,11). The lowest BCUT2D eigenvalue weighted by molar-refractivity contribution is -0.123. The van der Waals surface area contributed by atoms with Gasteiger partial charge in [0.25, 0.3) is 0 Å². The number of rotatable bonds is 3. The van der Waals surface area contributed by atoms with Gasteiger partial charge in [-0.1, -0.05) is 0 Å². The molecule has 0 aromatic carbocycles. The van der Waals surface area contributed by atoms with E-state index in [0.29, 0.717) is 6.54 Å². The van der Waals surface area contributed by atoms with Gasteiger partial charge in [-0.05, 0) is 6.92 Å². The summed E-state index contributed by atoms with van der Waals surface area (Å²) in [5, 5.41) is 13.7. The maximum atomic E-state index is 10.6. The van der Waals surface area contributed by atoms with Crippen LogP contribution < -0.4 is 5.32 Å². The van der Waals surface area contributed by atoms with Gasteiger partial charge in [0.1, 0.15) is 11.6 Å². The van der Waals surface area contributed by atoms with E-state index in [1.807, 2.05) is 12.3 Å². The predicted octanol–water partition coefficient (Wildman–Crippen LogP) is 0.0600. The third kappa shape index (κ3) is 2.60. The second-order valence-corrected chi connectivity index (χ2v) is 3.26. The van der Waals surface area contributed by atoms with E-state index in [4.69, 9.17) is 5.11 Å². The number of aliphatic hydroxyl groups excluding tert-OH is 1. The number of hydrogen-bond acceptors (Lipinski definition) is 4. The zero-order valence-corrected chi connectivity index (χ0v) is 7.52. The molecule has 0 aliphatic rings. The number of hydrogen-bond donors (Lipinski definition) is 2. The zero-order valence-electron chi connectivity index (χ0n) is 6.70. The maximum Gasteiger partial charge on any atom is 0.246 e. The van der Waals surface area contributed by atoms with E-state index in [1.54, 1.807) is 0 Å². The molecule has 1 aromatic heterocycles. The second-order valence-electron chi connectivity index (χ2n) is 2.32. The Hall–Kier alpha value is -0.940. The SMILES string of the molecule is Cc1csc(CNC(=O)CO)n1. The van der Waals surface area contributed by atoms with Gasteiger partial charge in [0.15, 0.2) is 0 Å². The molecular weight excluding hydrogens is 176 g/mol. The molecule has 4 nitrogen and oxygen atoms in total. The van der Waals surface area contributed by atoms with Crippen LogP contribution in [0.2, 0.25) is 0 Å². The number of aryl methyl sites for hydroxylation is 1. The fourth-order valence-corrected chi connectivity index (χ4v) is 1.43. The molecule has 0 aliphatic heterocycles. The quantitative estimate of drug-likeness (QED) is 0.701. The van der Waals surface area contributed by atoms with E-state index < -0.39 is 6.61 Å². The van der Waals surface area contributed by atoms with Gasteiger partial charge >= 0.3 is 0 Å². The van der Waals surface area contributed by atoms with Crippen molar-refractivity contribution in [3.8, 4) is 0 Å². The molecule has 0 atom stereocenters. The fourth-order valence-electron chi connectivity index (χ4n) is 0.714. The number of amides is 1. The van der Waals surface area contributed by atoms with Gasteiger partial charge in [-0.2, -0.15) is 0 Å². The van der Waals surface area contributed by atoms with E-state index in [9.17, 15) is 4.79 Å². The highest BCUT2D eigenvalue weighted by atomic mass is 32.1. The normalized spacial score (nSPS) is 9.83. The smallest absolute Gasteiger partial charge is 0.246 e. The molecule has 0 unspecified atom stereocenters. The van der Waals surface area contributed by atoms with Crippen molar-refractivity contribution in [1.29, 1.82) is 0 Å². The van der Waals surface area contributed by atoms with Gasteiger partial charge in [-0.3, -0.25) is 4.79 Å². The van der Waals surface area contributed by atoms with Crippen molar-refractivity contribution in [3.63, 3.8) is 0 Å². The fraction of sp³-hybridized carbons (Fsp3) is 0.429. The van der Waals surface area contributed by atoms with Crippen molar-refractivity contribution in [3.05, 3.63) is 16.1 Å². The third-order valence-electron chi connectivity index (χ3n) is 1.25. The molecule has 0 fully saturated rings. The minimum atomic E-state index is -0.468. The van der Waals surface area contributed by atoms with Crippen molar-refractivity contribution in [1.82, 2.24) is 10.3 Å². The molecule has 2 N–H and O–H groups in total. The van der Waals surface area contributed by atoms with Crippen LogP contribution in [0.3, 0.4) is 0 Å². The monoisotopic (exact) mass is 186 g/mol. The summed E-state index contributed by atoms with van der Waals surface area (Å²) in [6, 6.07) is 0. The summed E-state index contributed by atoms with van der Waals surface area (Å²) in [7, 11) is 0. The largest absolute Gasteiger partial charge is 0.387 e. The van der Waals surface area contributed by atoms with Crippen molar-refractivity contribution < 1.29 is 9.90 Å². The Balaban J connectivity index is 2.38. The number of carbonyl (C=O) groups excluding carboxylic acids is 1. The number of carbonyl (C=O) groups is 1. The van der Waals surface area contributed by atoms with Crippen LogP contribution in [0, 0.1) is 6.92 Å². The molecule has 66 valence electrons. The first-order chi connectivity index (χ1) is 5.72. The average molecular weight is 186 g/mol. The zero-order chi connectivity index (χ0) is 8.97. The first-order valence-electron chi connectivity index (χ1n) is 3.51. The molecular formula is C7H10N2O2S. The number of nitrogens with one attached hydrogen (secondary N) is 1. The molecule has 1 heterocycles. The number of aromatic nitrogens is 1. The highest BCUT2D eigenvalue weighted by molar-refractivity contribution is 7.09. The van der Waals surface area contributed by atoms with E-state index >= 15 is 0 Å². The lowest BCUT2D eigenvalue weighted by Gasteiger charge is -1.97. The molecule has 0 radical (unpaired) electrons. The van der Waals surface area contributed by atoms with Gasteiger partial charge in [0.05, 0.1) is 6.54 Å². The van der Waals surface area contributed by atoms with Crippen LogP contribution in [0.15, 0.2) is 5.38 Å². The van der Waals surface area contributed by atoms with Crippen LogP contribution in [0.4, 0.5) is 0 Å². The Kier molecular flexibility index (Phi) is 3.19. The Morgan fingerprint density at radius 1 is 1.83 bits per heavy atom. The topological polar surface area (TPSA) is 62.2 Å². The van der Waals surface area contributed by atoms with Crippen LogP contribution >= 0.6 is 11.3 Å². The minimum Gasteiger partial charge on any atom is -0.387 e. The van der Waals surface area contributed by atoms with Gasteiger partial charge < -0.3 is 10.4 Å². The molecule has 0 saturated carbocycles. The van der Waals surface area contributed by atoms with Gasteiger partial charge in [-0.25, -0.2) is 4.98 Å². The predicted molar refractivity (Wildman–Crippen MR) is 45.8 cm³/mol. The van der Waals surface area contributed by atoms with Crippen molar-refractivity contribution in [2.24, 2.45) is 0 Å². The summed E-state index contributed by atoms with van der Waals surface area (Å²) in [6.07, 6.45) is 0. The summed E-state index contributed by atoms with van der Waals surface area (Å²) in [6.45, 7) is 1.83. The van der Waals surface area contributed by atoms with Crippen LogP contribution in [0.5, 0.6) is 0 Å². The van der Waals surface area contributed by atoms with E-state index in [-0.39, 0.29) is 5.91 Å². The third-order valence-corrected chi connectivity index (χ3v) is 2.21. The van der Waals surface area contributed by atoms with Gasteiger partial charge in [-0.15, -0.1) is 11.3 Å². The van der Waals surface area contributed by atoms with E-state index in [1.165, 1.54) is 11.3 Å². The number of nitrogens with zero attached hydrogens (tertiary/aromatic N) is 1. The Labute approximate surface area is 74.3 Å². The maximum absolute atomic E-state index is 10.6. The summed E-state index contributed by atoms with van der Waals surface area (Å²) in [4.78, 5) is 14.7. The van der Waals surface area contributed by atoms with Crippen LogP contribution in [0.1, 0.15) is 10.7 Å². The molecule has 1 amide bonds. The summed E-state index contributed by atoms with van der Waals surface area (Å²) >= 11 is 1.49. The van der Waals surface area contributed by atoms with Crippen LogP contribution in [-0.4, -0.2) is 22.6 Å². The second kappa shape index (κ2) is 4.18. The van der Waals surface area contributed by atoms with Crippen molar-refractivity contribution in [2.75, 3.05) is 6.61 Å². The molecule has 1 rings (SSSR count). The Morgan fingerprint density at radius 3 is 3.08 bits per heavy atom. The molecule has 0 aliphatic carbocycles. The van der Waals surface area contributed by atoms with Crippen LogP contribution in [-0.2, 0) is 11.3 Å². The van der Waals surface area contributed by atoms with E-state index in [2.05, 4.69) is 10.3 Å².